The monoisotopic (exact) mass is 188 g/mol. The van der Waals surface area contributed by atoms with E-state index in [1.807, 2.05) is 0 Å². The Morgan fingerprint density at radius 2 is 1.85 bits per heavy atom. The predicted octanol–water partition coefficient (Wildman–Crippen LogP) is 0.0624. The van der Waals surface area contributed by atoms with Gasteiger partial charge in [0.25, 0.3) is 0 Å². The fourth-order valence-corrected chi connectivity index (χ4v) is 1.18. The van der Waals surface area contributed by atoms with Crippen molar-refractivity contribution in [3.8, 4) is 0 Å². The molecular formula is C10H24N2O+2. The molecule has 3 heteroatoms. The van der Waals surface area contributed by atoms with Crippen molar-refractivity contribution in [1.29, 1.82) is 0 Å². The van der Waals surface area contributed by atoms with Crippen LogP contribution in [-0.2, 0) is 4.79 Å². The molecule has 0 spiro atoms. The van der Waals surface area contributed by atoms with E-state index < -0.39 is 0 Å². The van der Waals surface area contributed by atoms with Gasteiger partial charge in [-0.1, -0.05) is 0 Å². The smallest absolute Gasteiger partial charge is 0.186 e. The zero-order chi connectivity index (χ0) is 10.5. The summed E-state index contributed by atoms with van der Waals surface area (Å²) in [6.07, 6.45) is 3.24. The Bertz CT molecular complexity index is 161. The van der Waals surface area contributed by atoms with Crippen molar-refractivity contribution >= 4 is 5.78 Å². The van der Waals surface area contributed by atoms with E-state index in [2.05, 4.69) is 26.9 Å². The second-order valence-corrected chi connectivity index (χ2v) is 4.82. The van der Waals surface area contributed by atoms with Crippen LogP contribution in [0.5, 0.6) is 0 Å². The normalized spacial score (nSPS) is 14.2. The topological polar surface area (TPSA) is 44.7 Å². The highest BCUT2D eigenvalue weighted by molar-refractivity contribution is 5.79. The van der Waals surface area contributed by atoms with Crippen molar-refractivity contribution in [2.75, 3.05) is 27.7 Å². The second-order valence-electron chi connectivity index (χ2n) is 4.82. The summed E-state index contributed by atoms with van der Waals surface area (Å²) in [4.78, 5) is 10.9. The van der Waals surface area contributed by atoms with Gasteiger partial charge in [-0.15, -0.1) is 0 Å². The molecule has 0 heterocycles. The average Bonchev–Trinajstić information content (AvgIpc) is 1.95. The lowest BCUT2D eigenvalue weighted by Crippen LogP contribution is -2.64. The van der Waals surface area contributed by atoms with Crippen LogP contribution in [0.25, 0.3) is 0 Å². The Balaban J connectivity index is 3.41. The summed E-state index contributed by atoms with van der Waals surface area (Å²) in [6, 6.07) is 0.00692. The van der Waals surface area contributed by atoms with Gasteiger partial charge in [-0.05, 0) is 12.8 Å². The van der Waals surface area contributed by atoms with Crippen LogP contribution < -0.4 is 5.73 Å². The van der Waals surface area contributed by atoms with Crippen LogP contribution in [0, 0.1) is 0 Å². The predicted molar refractivity (Wildman–Crippen MR) is 54.1 cm³/mol. The van der Waals surface area contributed by atoms with Crippen molar-refractivity contribution in [1.82, 2.24) is 0 Å². The van der Waals surface area contributed by atoms with E-state index in [0.29, 0.717) is 0 Å². The molecule has 0 aromatic rings. The summed E-state index contributed by atoms with van der Waals surface area (Å²) in [5, 5.41) is 0. The summed E-state index contributed by atoms with van der Waals surface area (Å²) in [7, 11) is 6.56. The van der Waals surface area contributed by atoms with Crippen LogP contribution in [0.15, 0.2) is 0 Å². The van der Waals surface area contributed by atoms with Crippen molar-refractivity contribution in [3.63, 3.8) is 0 Å². The number of carbonyl (C=O) groups is 1. The fraction of sp³-hybridized carbons (Fsp3) is 0.900. The molecule has 0 rings (SSSR count). The summed E-state index contributed by atoms with van der Waals surface area (Å²) < 4.78 is 1.00. The highest BCUT2D eigenvalue weighted by Gasteiger charge is 2.12. The molecule has 13 heavy (non-hydrogen) atoms. The third kappa shape index (κ3) is 7.94. The molecule has 0 aromatic heterocycles. The maximum atomic E-state index is 10.9. The zero-order valence-corrected chi connectivity index (χ0v) is 9.47. The lowest BCUT2D eigenvalue weighted by molar-refractivity contribution is -0.870. The third-order valence-corrected chi connectivity index (χ3v) is 2.21. The number of Topliss-reactive ketones (excluding diaryl/α,β-unsaturated/α-hetero) is 1. The molecule has 1 unspecified atom stereocenters. The average molecular weight is 188 g/mol. The number of hydrogen-bond acceptors (Lipinski definition) is 1. The highest BCUT2D eigenvalue weighted by Crippen LogP contribution is 2.02. The van der Waals surface area contributed by atoms with Crippen LogP contribution >= 0.6 is 0 Å². The van der Waals surface area contributed by atoms with Gasteiger partial charge < -0.3 is 10.2 Å². The molecule has 0 saturated carbocycles. The zero-order valence-electron chi connectivity index (χ0n) is 9.47. The first kappa shape index (κ1) is 12.6. The first-order chi connectivity index (χ1) is 5.83. The van der Waals surface area contributed by atoms with Gasteiger partial charge in [0.2, 0.25) is 0 Å². The standard InChI is InChI=1S/C10H23N2O/c1-9(13)10(11)7-5-6-8-12(2,3)4/h10H,5-8,11H2,1-4H3/q+1/p+1. The summed E-state index contributed by atoms with van der Waals surface area (Å²) in [6.45, 7) is 2.79. The van der Waals surface area contributed by atoms with Gasteiger partial charge in [0.15, 0.2) is 5.78 Å². The van der Waals surface area contributed by atoms with E-state index >= 15 is 0 Å². The van der Waals surface area contributed by atoms with E-state index in [1.54, 1.807) is 6.92 Å². The molecular weight excluding hydrogens is 164 g/mol. The Morgan fingerprint density at radius 1 is 1.31 bits per heavy atom. The maximum Gasteiger partial charge on any atom is 0.186 e. The summed E-state index contributed by atoms with van der Waals surface area (Å²) >= 11 is 0. The number of quaternary nitrogens is 2. The molecule has 0 bridgehead atoms. The van der Waals surface area contributed by atoms with Crippen LogP contribution in [0.4, 0.5) is 0 Å². The molecule has 0 aliphatic carbocycles. The van der Waals surface area contributed by atoms with Crippen LogP contribution in [-0.4, -0.2) is 44.0 Å². The van der Waals surface area contributed by atoms with E-state index in [0.717, 1.165) is 17.3 Å². The molecule has 0 saturated heterocycles. The van der Waals surface area contributed by atoms with E-state index in [9.17, 15) is 4.79 Å². The molecule has 0 aliphatic heterocycles. The second kappa shape index (κ2) is 5.35. The maximum absolute atomic E-state index is 10.9. The van der Waals surface area contributed by atoms with Crippen molar-refractivity contribution in [2.45, 2.75) is 32.2 Å². The number of unbranched alkanes of at least 4 members (excludes halogenated alkanes) is 1. The first-order valence-electron chi connectivity index (χ1n) is 4.97. The van der Waals surface area contributed by atoms with E-state index in [1.165, 1.54) is 13.0 Å². The Kier molecular flexibility index (Phi) is 5.18. The highest BCUT2D eigenvalue weighted by atomic mass is 16.1. The molecule has 0 aliphatic rings. The molecule has 3 nitrogen and oxygen atoms in total. The van der Waals surface area contributed by atoms with Gasteiger partial charge >= 0.3 is 0 Å². The summed E-state index contributed by atoms with van der Waals surface area (Å²) in [5.41, 5.74) is 3.82. The molecule has 0 aromatic carbocycles. The van der Waals surface area contributed by atoms with Gasteiger partial charge in [-0.2, -0.15) is 0 Å². The molecule has 0 amide bonds. The molecule has 78 valence electrons. The van der Waals surface area contributed by atoms with Crippen LogP contribution in [0.3, 0.4) is 0 Å². The van der Waals surface area contributed by atoms with E-state index in [-0.39, 0.29) is 11.8 Å². The molecule has 0 radical (unpaired) electrons. The van der Waals surface area contributed by atoms with Gasteiger partial charge in [0, 0.05) is 13.3 Å². The van der Waals surface area contributed by atoms with Crippen molar-refractivity contribution in [3.05, 3.63) is 0 Å². The summed E-state index contributed by atoms with van der Waals surface area (Å²) in [5.74, 6) is 0.213. The minimum Gasteiger partial charge on any atom is -0.349 e. The van der Waals surface area contributed by atoms with Gasteiger partial charge in [-0.3, -0.25) is 4.79 Å². The number of ketones is 1. The Morgan fingerprint density at radius 3 is 2.23 bits per heavy atom. The SMILES string of the molecule is CC(=O)C([NH3+])CCCC[N+](C)(C)C. The molecule has 1 atom stereocenters. The van der Waals surface area contributed by atoms with Gasteiger partial charge in [0.05, 0.1) is 27.7 Å². The minimum atomic E-state index is 0.00692. The number of rotatable bonds is 6. The Hall–Kier alpha value is -0.410. The van der Waals surface area contributed by atoms with Crippen molar-refractivity contribution in [2.24, 2.45) is 0 Å². The quantitative estimate of drug-likeness (QED) is 0.465. The lowest BCUT2D eigenvalue weighted by Gasteiger charge is -2.23. The molecule has 3 N–H and O–H groups in total. The lowest BCUT2D eigenvalue weighted by atomic mass is 10.1. The third-order valence-electron chi connectivity index (χ3n) is 2.21. The first-order valence-corrected chi connectivity index (χ1v) is 4.97. The minimum absolute atomic E-state index is 0.00692. The Labute approximate surface area is 81.5 Å². The number of carbonyl (C=O) groups excluding carboxylic acids is 1. The number of hydrogen-bond donors (Lipinski definition) is 1. The molecule has 0 fully saturated rings. The fourth-order valence-electron chi connectivity index (χ4n) is 1.18. The van der Waals surface area contributed by atoms with Gasteiger partial charge in [0.1, 0.15) is 6.04 Å². The van der Waals surface area contributed by atoms with Crippen LogP contribution in [0.2, 0.25) is 0 Å². The van der Waals surface area contributed by atoms with Gasteiger partial charge in [-0.25, -0.2) is 0 Å². The number of nitrogens with zero attached hydrogens (tertiary/aromatic N) is 1. The van der Waals surface area contributed by atoms with Crippen molar-refractivity contribution < 1.29 is 15.0 Å². The largest absolute Gasteiger partial charge is 0.349 e. The van der Waals surface area contributed by atoms with E-state index in [4.69, 9.17) is 0 Å². The van der Waals surface area contributed by atoms with Crippen LogP contribution in [0.1, 0.15) is 26.2 Å².